The monoisotopic (exact) mass is 226 g/mol. The third-order valence-electron chi connectivity index (χ3n) is 1.92. The quantitative estimate of drug-likeness (QED) is 0.554. The van der Waals surface area contributed by atoms with Gasteiger partial charge in [-0.2, -0.15) is 0 Å². The van der Waals surface area contributed by atoms with E-state index < -0.39 is 18.0 Å². The summed E-state index contributed by atoms with van der Waals surface area (Å²) in [4.78, 5) is 28.5. The second-order valence-electron chi connectivity index (χ2n) is 3.25. The van der Waals surface area contributed by atoms with Crippen LogP contribution in [0, 0.1) is 0 Å². The molecule has 0 spiro atoms. The van der Waals surface area contributed by atoms with Crippen LogP contribution in [0.4, 0.5) is 4.79 Å². The van der Waals surface area contributed by atoms with Crippen LogP contribution in [0.3, 0.4) is 0 Å². The SMILES string of the molecule is C[C@H](NC(=O)NCCc1ncc[nH]1)C(=O)O. The lowest BCUT2D eigenvalue weighted by Gasteiger charge is -2.09. The maximum atomic E-state index is 11.2. The van der Waals surface area contributed by atoms with Crippen LogP contribution in [-0.2, 0) is 11.2 Å². The van der Waals surface area contributed by atoms with Crippen LogP contribution in [0.5, 0.6) is 0 Å². The van der Waals surface area contributed by atoms with E-state index in [1.54, 1.807) is 12.4 Å². The largest absolute Gasteiger partial charge is 0.480 e. The molecule has 1 rings (SSSR count). The maximum Gasteiger partial charge on any atom is 0.325 e. The van der Waals surface area contributed by atoms with Gasteiger partial charge in [-0.3, -0.25) is 4.79 Å². The fourth-order valence-corrected chi connectivity index (χ4v) is 1.04. The Hall–Kier alpha value is -2.05. The van der Waals surface area contributed by atoms with Crippen LogP contribution in [-0.4, -0.2) is 39.7 Å². The molecule has 0 saturated carbocycles. The second kappa shape index (κ2) is 5.74. The zero-order valence-corrected chi connectivity index (χ0v) is 8.86. The third kappa shape index (κ3) is 3.99. The van der Waals surface area contributed by atoms with Crippen LogP contribution in [0.2, 0.25) is 0 Å². The van der Waals surface area contributed by atoms with Gasteiger partial charge in [-0.15, -0.1) is 0 Å². The zero-order valence-electron chi connectivity index (χ0n) is 8.86. The average Bonchev–Trinajstić information content (AvgIpc) is 2.70. The van der Waals surface area contributed by atoms with Crippen molar-refractivity contribution in [2.75, 3.05) is 6.54 Å². The molecule has 1 aromatic rings. The Bertz CT molecular complexity index is 350. The predicted octanol–water partition coefficient (Wildman–Crippen LogP) is -0.275. The van der Waals surface area contributed by atoms with Gasteiger partial charge >= 0.3 is 12.0 Å². The minimum atomic E-state index is -1.07. The number of nitrogens with zero attached hydrogens (tertiary/aromatic N) is 1. The van der Waals surface area contributed by atoms with Gasteiger partial charge in [-0.1, -0.05) is 0 Å². The number of hydrogen-bond donors (Lipinski definition) is 4. The number of imidazole rings is 1. The molecule has 0 aliphatic carbocycles. The Morgan fingerprint density at radius 3 is 2.94 bits per heavy atom. The lowest BCUT2D eigenvalue weighted by molar-refractivity contribution is -0.138. The Morgan fingerprint density at radius 2 is 2.38 bits per heavy atom. The minimum absolute atomic E-state index is 0.395. The number of rotatable bonds is 5. The Kier molecular flexibility index (Phi) is 4.31. The van der Waals surface area contributed by atoms with Crippen molar-refractivity contribution in [3.05, 3.63) is 18.2 Å². The molecule has 1 heterocycles. The van der Waals surface area contributed by atoms with E-state index in [1.807, 2.05) is 0 Å². The van der Waals surface area contributed by atoms with Crippen molar-refractivity contribution in [1.29, 1.82) is 0 Å². The van der Waals surface area contributed by atoms with Crippen molar-refractivity contribution in [3.8, 4) is 0 Å². The number of urea groups is 1. The van der Waals surface area contributed by atoms with Crippen molar-refractivity contribution in [3.63, 3.8) is 0 Å². The first-order valence-electron chi connectivity index (χ1n) is 4.85. The molecule has 7 nitrogen and oxygen atoms in total. The number of carbonyl (C=O) groups is 2. The van der Waals surface area contributed by atoms with Gasteiger partial charge in [-0.25, -0.2) is 9.78 Å². The fraction of sp³-hybridized carbons (Fsp3) is 0.444. The van der Waals surface area contributed by atoms with Gasteiger partial charge in [0.15, 0.2) is 0 Å². The highest BCUT2D eigenvalue weighted by molar-refractivity contribution is 5.82. The molecule has 0 aliphatic heterocycles. The summed E-state index contributed by atoms with van der Waals surface area (Å²) in [5.41, 5.74) is 0. The molecule has 7 heteroatoms. The summed E-state index contributed by atoms with van der Waals surface area (Å²) in [6.45, 7) is 1.79. The molecule has 88 valence electrons. The lowest BCUT2D eigenvalue weighted by Crippen LogP contribution is -2.44. The van der Waals surface area contributed by atoms with E-state index in [1.165, 1.54) is 6.92 Å². The molecule has 0 saturated heterocycles. The first-order valence-corrected chi connectivity index (χ1v) is 4.85. The van der Waals surface area contributed by atoms with E-state index in [4.69, 9.17) is 5.11 Å². The number of carboxylic acid groups (broad SMARTS) is 1. The Balaban J connectivity index is 2.18. The second-order valence-corrected chi connectivity index (χ2v) is 3.25. The van der Waals surface area contributed by atoms with E-state index in [-0.39, 0.29) is 0 Å². The van der Waals surface area contributed by atoms with E-state index in [0.29, 0.717) is 13.0 Å². The van der Waals surface area contributed by atoms with Crippen LogP contribution in [0.15, 0.2) is 12.4 Å². The number of aromatic amines is 1. The summed E-state index contributed by atoms with van der Waals surface area (Å²) < 4.78 is 0. The Morgan fingerprint density at radius 1 is 1.62 bits per heavy atom. The number of carboxylic acids is 1. The smallest absolute Gasteiger partial charge is 0.325 e. The topological polar surface area (TPSA) is 107 Å². The van der Waals surface area contributed by atoms with E-state index >= 15 is 0 Å². The summed E-state index contributed by atoms with van der Waals surface area (Å²) in [6, 6.07) is -1.40. The number of carbonyl (C=O) groups excluding carboxylic acids is 1. The van der Waals surface area contributed by atoms with E-state index in [0.717, 1.165) is 5.82 Å². The molecule has 2 amide bonds. The first-order chi connectivity index (χ1) is 7.59. The van der Waals surface area contributed by atoms with Gasteiger partial charge in [0.05, 0.1) is 0 Å². The number of aromatic nitrogens is 2. The highest BCUT2D eigenvalue weighted by atomic mass is 16.4. The fourth-order valence-electron chi connectivity index (χ4n) is 1.04. The summed E-state index contributed by atoms with van der Waals surface area (Å²) in [6.07, 6.45) is 3.89. The average molecular weight is 226 g/mol. The van der Waals surface area contributed by atoms with E-state index in [2.05, 4.69) is 20.6 Å². The molecule has 0 bridgehead atoms. The lowest BCUT2D eigenvalue weighted by atomic mass is 10.3. The molecule has 0 aromatic carbocycles. The molecular weight excluding hydrogens is 212 g/mol. The first kappa shape index (κ1) is 12.0. The van der Waals surface area contributed by atoms with Crippen LogP contribution < -0.4 is 10.6 Å². The highest BCUT2D eigenvalue weighted by Crippen LogP contribution is 1.88. The normalized spacial score (nSPS) is 11.8. The molecule has 1 atom stereocenters. The standard InChI is InChI=1S/C9H14N4O3/c1-6(8(14)15)13-9(16)12-3-2-7-10-4-5-11-7/h4-6H,2-3H2,1H3,(H,10,11)(H,14,15)(H2,12,13,16)/t6-/m0/s1. The van der Waals surface area contributed by atoms with Gasteiger partial charge in [-0.05, 0) is 6.92 Å². The Labute approximate surface area is 92.3 Å². The molecule has 0 radical (unpaired) electrons. The van der Waals surface area contributed by atoms with Gasteiger partial charge in [0.2, 0.25) is 0 Å². The molecule has 16 heavy (non-hydrogen) atoms. The summed E-state index contributed by atoms with van der Waals surface area (Å²) in [5.74, 6) is -0.298. The maximum absolute atomic E-state index is 11.2. The molecule has 1 aromatic heterocycles. The van der Waals surface area contributed by atoms with Crippen molar-refractivity contribution in [2.24, 2.45) is 0 Å². The highest BCUT2D eigenvalue weighted by Gasteiger charge is 2.12. The van der Waals surface area contributed by atoms with Crippen LogP contribution >= 0.6 is 0 Å². The summed E-state index contributed by atoms with van der Waals surface area (Å²) in [7, 11) is 0. The molecule has 0 fully saturated rings. The van der Waals surface area contributed by atoms with E-state index in [9.17, 15) is 9.59 Å². The molecule has 4 N–H and O–H groups in total. The predicted molar refractivity (Wildman–Crippen MR) is 55.9 cm³/mol. The third-order valence-corrected chi connectivity index (χ3v) is 1.92. The van der Waals surface area contributed by atoms with Crippen molar-refractivity contribution in [1.82, 2.24) is 20.6 Å². The van der Waals surface area contributed by atoms with Crippen LogP contribution in [0.1, 0.15) is 12.7 Å². The van der Waals surface area contributed by atoms with Crippen molar-refractivity contribution >= 4 is 12.0 Å². The minimum Gasteiger partial charge on any atom is -0.480 e. The number of hydrogen-bond acceptors (Lipinski definition) is 3. The summed E-state index contributed by atoms with van der Waals surface area (Å²) >= 11 is 0. The van der Waals surface area contributed by atoms with Gasteiger partial charge in [0, 0.05) is 25.4 Å². The summed E-state index contributed by atoms with van der Waals surface area (Å²) in [5, 5.41) is 13.4. The molecular formula is C9H14N4O3. The number of nitrogens with one attached hydrogen (secondary N) is 3. The number of H-pyrrole nitrogens is 1. The van der Waals surface area contributed by atoms with Gasteiger partial charge in [0.25, 0.3) is 0 Å². The zero-order chi connectivity index (χ0) is 12.0. The van der Waals surface area contributed by atoms with Gasteiger partial charge in [0.1, 0.15) is 11.9 Å². The van der Waals surface area contributed by atoms with Crippen LogP contribution in [0.25, 0.3) is 0 Å². The van der Waals surface area contributed by atoms with Crippen molar-refractivity contribution in [2.45, 2.75) is 19.4 Å². The number of amides is 2. The molecule has 0 unspecified atom stereocenters. The molecule has 0 aliphatic rings. The van der Waals surface area contributed by atoms with Gasteiger partial charge < -0.3 is 20.7 Å². The van der Waals surface area contributed by atoms with Crippen molar-refractivity contribution < 1.29 is 14.7 Å². The number of aliphatic carboxylic acids is 1.